The number of carbonyl (C=O) groups is 4. The molecule has 0 aromatic carbocycles. The summed E-state index contributed by atoms with van der Waals surface area (Å²) in [6.45, 7) is 9.53. The van der Waals surface area contributed by atoms with Crippen molar-refractivity contribution < 1.29 is 80.2 Å². The highest BCUT2D eigenvalue weighted by Gasteiger charge is 2.30. The SMILES string of the molecule is CCCCCC/C=C\C=C/CCCCCCCC(=O)OC[C@H](COP(=O)(O)OC[C@@H](O)COP(=O)(O)OC[C@@H](COC(=O)CCCCCCCCCCC(C)CC)OC(=O)CCCCCCCCCCCC(C)C)OC(=O)CCCCCCCCCCCCCCCCCCCCC. The number of aliphatic hydroxyl groups is 1. The molecule has 0 saturated heterocycles. The zero-order valence-electron chi connectivity index (χ0n) is 63.6. The van der Waals surface area contributed by atoms with Gasteiger partial charge in [-0.05, 0) is 63.2 Å². The molecular formula is C79H150O17P2. The minimum atomic E-state index is -4.97. The second kappa shape index (κ2) is 70.2. The van der Waals surface area contributed by atoms with Crippen LogP contribution in [-0.4, -0.2) is 96.7 Å². The molecule has 0 aliphatic heterocycles. The van der Waals surface area contributed by atoms with Crippen LogP contribution < -0.4 is 0 Å². The second-order valence-corrected chi connectivity index (χ2v) is 31.4. The highest BCUT2D eigenvalue weighted by molar-refractivity contribution is 7.47. The van der Waals surface area contributed by atoms with Crippen LogP contribution >= 0.6 is 15.6 Å². The third kappa shape index (κ3) is 70.6. The minimum absolute atomic E-state index is 0.102. The van der Waals surface area contributed by atoms with Gasteiger partial charge in [0, 0.05) is 25.7 Å². The third-order valence-corrected chi connectivity index (χ3v) is 20.1. The van der Waals surface area contributed by atoms with Gasteiger partial charge in [-0.25, -0.2) is 9.13 Å². The average Bonchev–Trinajstić information content (AvgIpc) is 1.59. The molecule has 17 nitrogen and oxygen atoms in total. The Labute approximate surface area is 599 Å². The number of unbranched alkanes of at least 4 members (excludes halogenated alkanes) is 42. The molecule has 98 heavy (non-hydrogen) atoms. The largest absolute Gasteiger partial charge is 0.472 e. The Hall–Kier alpha value is -2.46. The molecule has 0 radical (unpaired) electrons. The lowest BCUT2D eigenvalue weighted by molar-refractivity contribution is -0.161. The zero-order valence-corrected chi connectivity index (χ0v) is 65.4. The Morgan fingerprint density at radius 2 is 0.602 bits per heavy atom. The van der Waals surface area contributed by atoms with Crippen molar-refractivity contribution in [3.63, 3.8) is 0 Å². The number of rotatable bonds is 76. The maximum atomic E-state index is 13.1. The van der Waals surface area contributed by atoms with E-state index in [1.54, 1.807) is 0 Å². The van der Waals surface area contributed by atoms with E-state index < -0.39 is 97.5 Å². The monoisotopic (exact) mass is 1430 g/mol. The molecule has 3 unspecified atom stereocenters. The molecule has 0 heterocycles. The fourth-order valence-corrected chi connectivity index (χ4v) is 13.2. The smallest absolute Gasteiger partial charge is 0.462 e. The molecule has 0 bridgehead atoms. The van der Waals surface area contributed by atoms with E-state index in [1.165, 1.54) is 186 Å². The Morgan fingerprint density at radius 3 is 0.918 bits per heavy atom. The summed E-state index contributed by atoms with van der Waals surface area (Å²) in [7, 11) is -9.93. The van der Waals surface area contributed by atoms with E-state index in [2.05, 4.69) is 65.8 Å². The molecule has 0 fully saturated rings. The van der Waals surface area contributed by atoms with Crippen molar-refractivity contribution >= 4 is 39.5 Å². The first-order valence-corrected chi connectivity index (χ1v) is 43.3. The van der Waals surface area contributed by atoms with Crippen molar-refractivity contribution in [3.8, 4) is 0 Å². The predicted octanol–water partition coefficient (Wildman–Crippen LogP) is 23.1. The Balaban J connectivity index is 5.28. The molecule has 19 heteroatoms. The van der Waals surface area contributed by atoms with Crippen molar-refractivity contribution in [2.24, 2.45) is 11.8 Å². The first-order valence-electron chi connectivity index (χ1n) is 40.3. The van der Waals surface area contributed by atoms with E-state index in [4.69, 9.17) is 37.0 Å². The van der Waals surface area contributed by atoms with Gasteiger partial charge in [0.15, 0.2) is 12.2 Å². The first-order chi connectivity index (χ1) is 47.4. The van der Waals surface area contributed by atoms with Crippen molar-refractivity contribution in [2.75, 3.05) is 39.6 Å². The molecule has 0 saturated carbocycles. The van der Waals surface area contributed by atoms with Crippen molar-refractivity contribution in [1.29, 1.82) is 0 Å². The maximum Gasteiger partial charge on any atom is 0.472 e. The standard InChI is InChI=1S/C79H150O17P2/c1-7-10-12-14-16-18-20-22-24-25-26-27-29-31-33-37-45-51-57-63-78(83)95-74(67-89-76(81)61-55-49-43-36-32-30-28-23-21-19-17-15-13-11-8-2)69-93-97(85,86)91-65-73(80)66-92-98(87,88)94-70-75(96-79(84)64-58-52-46-38-34-35-41-47-53-59-71(4)5)68-90-77(82)62-56-50-44-40-39-42-48-54-60-72(6)9-3/h19,21,23,28,71-75,80H,7-18,20,22,24-27,29-70H2,1-6H3,(H,85,86)(H,87,88)/b21-19-,28-23-/t72?,73-,74-,75-/m1/s1. The van der Waals surface area contributed by atoms with E-state index in [1.807, 2.05) is 0 Å². The van der Waals surface area contributed by atoms with Gasteiger partial charge in [0.25, 0.3) is 0 Å². The van der Waals surface area contributed by atoms with Gasteiger partial charge < -0.3 is 33.8 Å². The van der Waals surface area contributed by atoms with E-state index in [9.17, 15) is 43.2 Å². The number of esters is 4. The van der Waals surface area contributed by atoms with Crippen molar-refractivity contribution in [2.45, 2.75) is 407 Å². The fourth-order valence-electron chi connectivity index (χ4n) is 11.6. The van der Waals surface area contributed by atoms with E-state index in [0.29, 0.717) is 25.7 Å². The summed E-state index contributed by atoms with van der Waals surface area (Å²) in [5.74, 6) is -0.633. The number of hydrogen-bond acceptors (Lipinski definition) is 15. The average molecular weight is 1430 g/mol. The molecule has 578 valence electrons. The summed E-state index contributed by atoms with van der Waals surface area (Å²) >= 11 is 0. The Kier molecular flexibility index (Phi) is 68.5. The number of ether oxygens (including phenoxy) is 4. The first kappa shape index (κ1) is 95.5. The molecule has 3 N–H and O–H groups in total. The molecule has 0 aromatic heterocycles. The van der Waals surface area contributed by atoms with Gasteiger partial charge in [0.1, 0.15) is 19.3 Å². The van der Waals surface area contributed by atoms with Crippen molar-refractivity contribution in [1.82, 2.24) is 0 Å². The quantitative estimate of drug-likeness (QED) is 0.0169. The molecule has 0 amide bonds. The molecular weight excluding hydrogens is 1280 g/mol. The number of allylic oxidation sites excluding steroid dienone is 4. The van der Waals surface area contributed by atoms with Crippen LogP contribution in [0.3, 0.4) is 0 Å². The topological polar surface area (TPSA) is 237 Å². The van der Waals surface area contributed by atoms with Crippen LogP contribution in [0.4, 0.5) is 0 Å². The summed E-state index contributed by atoms with van der Waals surface area (Å²) in [6.07, 6.45) is 61.8. The Morgan fingerprint density at radius 1 is 0.337 bits per heavy atom. The van der Waals surface area contributed by atoms with Gasteiger partial charge in [-0.15, -0.1) is 0 Å². The van der Waals surface area contributed by atoms with E-state index in [-0.39, 0.29) is 25.7 Å². The van der Waals surface area contributed by atoms with Crippen LogP contribution in [0.25, 0.3) is 0 Å². The van der Waals surface area contributed by atoms with E-state index >= 15 is 0 Å². The summed E-state index contributed by atoms with van der Waals surface area (Å²) in [6, 6.07) is 0. The molecule has 0 rings (SSSR count). The van der Waals surface area contributed by atoms with Gasteiger partial charge in [0.05, 0.1) is 26.4 Å². The number of phosphoric acid groups is 2. The molecule has 6 atom stereocenters. The summed E-state index contributed by atoms with van der Waals surface area (Å²) in [5.41, 5.74) is 0. The van der Waals surface area contributed by atoms with Gasteiger partial charge in [-0.2, -0.15) is 0 Å². The van der Waals surface area contributed by atoms with Gasteiger partial charge >= 0.3 is 39.5 Å². The molecule has 0 aromatic rings. The molecule has 0 spiro atoms. The Bertz CT molecular complexity index is 1990. The fraction of sp³-hybridized carbons (Fsp3) is 0.899. The highest BCUT2D eigenvalue weighted by Crippen LogP contribution is 2.45. The number of carbonyl (C=O) groups excluding carboxylic acids is 4. The number of aliphatic hydroxyl groups excluding tert-OH is 1. The van der Waals surface area contributed by atoms with Crippen LogP contribution in [0, 0.1) is 11.8 Å². The maximum absolute atomic E-state index is 13.1. The van der Waals surface area contributed by atoms with Gasteiger partial charge in [0.2, 0.25) is 0 Å². The lowest BCUT2D eigenvalue weighted by Gasteiger charge is -2.21. The van der Waals surface area contributed by atoms with Gasteiger partial charge in [-0.1, -0.05) is 336 Å². The normalized spacial score (nSPS) is 14.4. The number of hydrogen-bond donors (Lipinski definition) is 3. The summed E-state index contributed by atoms with van der Waals surface area (Å²) < 4.78 is 68.6. The number of phosphoric ester groups is 2. The van der Waals surface area contributed by atoms with Gasteiger partial charge in [-0.3, -0.25) is 37.3 Å². The highest BCUT2D eigenvalue weighted by atomic mass is 31.2. The van der Waals surface area contributed by atoms with E-state index in [0.717, 1.165) is 121 Å². The molecule has 0 aliphatic carbocycles. The lowest BCUT2D eigenvalue weighted by Crippen LogP contribution is -2.30. The second-order valence-electron chi connectivity index (χ2n) is 28.5. The predicted molar refractivity (Wildman–Crippen MR) is 400 cm³/mol. The minimum Gasteiger partial charge on any atom is -0.462 e. The van der Waals surface area contributed by atoms with Crippen LogP contribution in [0.15, 0.2) is 24.3 Å². The third-order valence-electron chi connectivity index (χ3n) is 18.2. The van der Waals surface area contributed by atoms with Crippen LogP contribution in [0.5, 0.6) is 0 Å². The molecule has 0 aliphatic rings. The van der Waals surface area contributed by atoms with Crippen LogP contribution in [0.2, 0.25) is 0 Å². The zero-order chi connectivity index (χ0) is 72.1. The van der Waals surface area contributed by atoms with Crippen LogP contribution in [-0.2, 0) is 65.4 Å². The summed E-state index contributed by atoms with van der Waals surface area (Å²) in [4.78, 5) is 72.9. The van der Waals surface area contributed by atoms with Crippen molar-refractivity contribution in [3.05, 3.63) is 24.3 Å². The van der Waals surface area contributed by atoms with Crippen LogP contribution in [0.1, 0.15) is 388 Å². The summed E-state index contributed by atoms with van der Waals surface area (Å²) in [5, 5.41) is 10.6. The lowest BCUT2D eigenvalue weighted by atomic mass is 9.99.